The van der Waals surface area contributed by atoms with E-state index in [0.29, 0.717) is 71.1 Å². The van der Waals surface area contributed by atoms with Crippen LogP contribution >= 0.6 is 0 Å². The third kappa shape index (κ3) is 51.3. The van der Waals surface area contributed by atoms with Gasteiger partial charge in [0.25, 0.3) is 0 Å². The molecule has 4 bridgehead atoms. The molecular formula is C105H183F11O28. The van der Waals surface area contributed by atoms with Crippen LogP contribution in [0.25, 0.3) is 0 Å². The van der Waals surface area contributed by atoms with Crippen LogP contribution in [0.15, 0.2) is 0 Å². The summed E-state index contributed by atoms with van der Waals surface area (Å²) >= 11 is 0. The number of alkyl halides is 11. The van der Waals surface area contributed by atoms with E-state index in [1.165, 1.54) is 69.2 Å². The van der Waals surface area contributed by atoms with Crippen molar-refractivity contribution in [3.8, 4) is 0 Å². The smallest absolute Gasteiger partial charge is 0.417 e. The number of carbonyl (C=O) groups excluding carboxylic acids is 12. The Morgan fingerprint density at radius 2 is 0.576 bits per heavy atom. The molecule has 0 saturated heterocycles. The van der Waals surface area contributed by atoms with Crippen molar-refractivity contribution in [2.75, 3.05) is 46.2 Å². The molecule has 4 N–H and O–H groups in total. The fraction of sp³-hybridized carbons (Fsp3) is 0.886. The monoisotopic (exact) mass is 2100 g/mol. The van der Waals surface area contributed by atoms with Crippen molar-refractivity contribution in [3.05, 3.63) is 0 Å². The summed E-state index contributed by atoms with van der Waals surface area (Å²) in [4.78, 5) is 142. The lowest BCUT2D eigenvalue weighted by Crippen LogP contribution is -2.69. The van der Waals surface area contributed by atoms with Crippen LogP contribution in [0, 0.1) is 71.9 Å². The van der Waals surface area contributed by atoms with Gasteiger partial charge in [0.2, 0.25) is 0 Å². The summed E-state index contributed by atoms with van der Waals surface area (Å²) in [5.74, 6) is -18.4. The first-order chi connectivity index (χ1) is 64.0. The molecule has 0 heterocycles. The van der Waals surface area contributed by atoms with Gasteiger partial charge in [0, 0.05) is 69.1 Å². The summed E-state index contributed by atoms with van der Waals surface area (Å²) in [6.07, 6.45) is -5.56. The molecule has 0 radical (unpaired) electrons. The number of aliphatic hydroxyl groups is 4. The Morgan fingerprint density at radius 3 is 0.812 bits per heavy atom. The molecule has 0 aromatic carbocycles. The molecule has 4 fully saturated rings. The van der Waals surface area contributed by atoms with Gasteiger partial charge in [0.05, 0.1) is 84.2 Å². The van der Waals surface area contributed by atoms with Crippen molar-refractivity contribution < 1.29 is 183 Å². The number of esters is 12. The van der Waals surface area contributed by atoms with Crippen LogP contribution in [-0.4, -0.2) is 220 Å². The minimum atomic E-state index is -4.76. The predicted octanol–water partition coefficient (Wildman–Crippen LogP) is 22.6. The molecule has 5 atom stereocenters. The minimum absolute atomic E-state index is 0.0524. The van der Waals surface area contributed by atoms with Crippen molar-refractivity contribution >= 4 is 71.6 Å². The Bertz CT molecular complexity index is 3840. The topological polar surface area (TPSA) is 397 Å². The SMILES string of the molecule is CCC(C)(C)C(=O)OC(CC(C)C)C(F)(F)C(C)(F)F.CCC(C)(C)C(=O)OC(CC(C)C)CC(C)(O)C(F)(F)F.CCC(C)(C)C(=O)OC12CC3CC(OC(C)=O)(CC(OC(C)=O)(C3)C1)C2.CCC(C)(C)C(=O)OCC(C)(C)COC(=O)C(C)(C)O.CCC(C)(C)C(=O)OCC(C)(C)COC(=O)C(C)(C)O.CCC(C)(C)C(=O)OCC(C)(C)COC(=O)C(C)(C)O.CCC(C)(C)C(=O)OCCCC(F)(F)C(F)F. The molecule has 0 aromatic rings. The molecule has 5 unspecified atom stereocenters. The molecule has 28 nitrogen and oxygen atoms in total. The van der Waals surface area contributed by atoms with Crippen LogP contribution in [0.1, 0.15) is 399 Å². The van der Waals surface area contributed by atoms with Gasteiger partial charge in [-0.3, -0.25) is 43.2 Å². The van der Waals surface area contributed by atoms with Gasteiger partial charge in [-0.05, 0) is 247 Å². The molecule has 4 aliphatic rings. The Morgan fingerprint density at radius 1 is 0.333 bits per heavy atom. The highest BCUT2D eigenvalue weighted by molar-refractivity contribution is 5.81. The molecule has 4 saturated carbocycles. The second-order valence-corrected chi connectivity index (χ2v) is 48.4. The Kier molecular flexibility index (Phi) is 55.6. The van der Waals surface area contributed by atoms with Crippen LogP contribution in [0.5, 0.6) is 0 Å². The Balaban J connectivity index is -0.000000797. The molecule has 0 amide bonds. The number of halogens is 11. The van der Waals surface area contributed by atoms with E-state index < -0.39 is 185 Å². The number of ether oxygens (including phenoxy) is 12. The second-order valence-electron chi connectivity index (χ2n) is 48.4. The van der Waals surface area contributed by atoms with Crippen LogP contribution in [0.4, 0.5) is 48.3 Å². The van der Waals surface area contributed by atoms with E-state index in [1.807, 2.05) is 145 Å². The third-order valence-corrected chi connectivity index (χ3v) is 25.4. The molecule has 4 aliphatic carbocycles. The lowest BCUT2D eigenvalue weighted by Gasteiger charge is -2.63. The lowest BCUT2D eigenvalue weighted by molar-refractivity contribution is -0.274. The van der Waals surface area contributed by atoms with E-state index in [0.717, 1.165) is 19.3 Å². The Hall–Kier alpha value is -7.29. The highest BCUT2D eigenvalue weighted by Gasteiger charge is 2.69. The van der Waals surface area contributed by atoms with E-state index in [4.69, 9.17) is 56.8 Å². The van der Waals surface area contributed by atoms with Crippen LogP contribution in [0.3, 0.4) is 0 Å². The molecular weight excluding hydrogens is 1920 g/mol. The van der Waals surface area contributed by atoms with Gasteiger partial charge >= 0.3 is 102 Å². The molecule has 39 heteroatoms. The molecule has 144 heavy (non-hydrogen) atoms. The van der Waals surface area contributed by atoms with Gasteiger partial charge in [0.15, 0.2) is 28.5 Å². The van der Waals surface area contributed by atoms with Crippen LogP contribution in [-0.2, 0) is 114 Å². The average Bonchev–Trinajstić information content (AvgIpc) is 0.697. The molecule has 848 valence electrons. The van der Waals surface area contributed by atoms with Crippen molar-refractivity contribution in [1.82, 2.24) is 0 Å². The maximum Gasteiger partial charge on any atom is 0.417 e. The zero-order chi connectivity index (χ0) is 115. The summed E-state index contributed by atoms with van der Waals surface area (Å²) in [5, 5.41) is 38.0. The van der Waals surface area contributed by atoms with E-state index >= 15 is 0 Å². The number of carbonyl (C=O) groups is 12. The van der Waals surface area contributed by atoms with Gasteiger partial charge in [-0.25, -0.2) is 40.7 Å². The van der Waals surface area contributed by atoms with Gasteiger partial charge < -0.3 is 77.3 Å². The second kappa shape index (κ2) is 56.0. The van der Waals surface area contributed by atoms with Crippen LogP contribution < -0.4 is 0 Å². The van der Waals surface area contributed by atoms with Crippen molar-refractivity contribution in [1.29, 1.82) is 0 Å². The van der Waals surface area contributed by atoms with Crippen molar-refractivity contribution in [2.24, 2.45) is 71.9 Å². The minimum Gasteiger partial charge on any atom is -0.465 e. The quantitative estimate of drug-likeness (QED) is 0.0190. The van der Waals surface area contributed by atoms with E-state index in [1.54, 1.807) is 55.4 Å². The van der Waals surface area contributed by atoms with Gasteiger partial charge in [-0.1, -0.05) is 118 Å². The zero-order valence-corrected chi connectivity index (χ0v) is 94.4. The summed E-state index contributed by atoms with van der Waals surface area (Å²) in [7, 11) is 0. The summed E-state index contributed by atoms with van der Waals surface area (Å²) in [6, 6.07) is 0. The molecule has 4 rings (SSSR count). The highest BCUT2D eigenvalue weighted by Crippen LogP contribution is 2.63. The summed E-state index contributed by atoms with van der Waals surface area (Å²) in [5.41, 5.74) is -15.6. The first-order valence-corrected chi connectivity index (χ1v) is 49.6. The summed E-state index contributed by atoms with van der Waals surface area (Å²) in [6.45, 7) is 67.7. The standard InChI is InChI=1S/C20H30O6.C15H27F3O3.3C15H28O5.C14H24F4O2.C11H18F4O2/c1-6-17(4,5)16(23)26-20-9-15-7-18(11-20,24-13(2)21)10-19(8-15,12-20)25-14(3)22;1-7-13(4,5)12(19)21-11(8-10(2)3)9-14(6,20)15(16,17)18;3*1-8-14(4,5)11(16)19-9-13(2,3)10-20-12(17)15(6,7)18;1-7-12(4,5)11(19)20-10(8-9(2)3)14(17,18)13(6,15)16;1-4-10(2,3)9(16)17-7-5-6-11(14,15)8(12)13/h15H,6-12H2,1-5H3;10-11,20H,7-9H2,1-6H3;3*18H,8-10H2,1-7H3;9-10H,7-8H2,1-6H3;8H,4-7H2,1-3H3. The maximum atomic E-state index is 13.8. The first kappa shape index (κ1) is 143. The van der Waals surface area contributed by atoms with E-state index in [2.05, 4.69) is 0 Å². The van der Waals surface area contributed by atoms with E-state index in [-0.39, 0.29) is 126 Å². The maximum absolute atomic E-state index is 13.8. The Labute approximate surface area is 850 Å². The number of hydrogen-bond donors (Lipinski definition) is 4. The number of rotatable bonds is 47. The van der Waals surface area contributed by atoms with Crippen molar-refractivity contribution in [2.45, 2.75) is 481 Å². The third-order valence-electron chi connectivity index (χ3n) is 25.4. The van der Waals surface area contributed by atoms with Crippen molar-refractivity contribution in [3.63, 3.8) is 0 Å². The molecule has 0 aromatic heterocycles. The first-order valence-electron chi connectivity index (χ1n) is 49.6. The average molecular weight is 2100 g/mol. The normalized spacial score (nSPS) is 18.5. The summed E-state index contributed by atoms with van der Waals surface area (Å²) < 4.78 is 204. The number of hydrogen-bond acceptors (Lipinski definition) is 28. The predicted molar refractivity (Wildman–Crippen MR) is 520 cm³/mol. The van der Waals surface area contributed by atoms with Crippen LogP contribution in [0.2, 0.25) is 0 Å². The largest absolute Gasteiger partial charge is 0.465 e. The van der Waals surface area contributed by atoms with Gasteiger partial charge in [-0.15, -0.1) is 0 Å². The molecule has 0 spiro atoms. The lowest BCUT2D eigenvalue weighted by atomic mass is 9.50. The fourth-order valence-corrected chi connectivity index (χ4v) is 12.9. The highest BCUT2D eigenvalue weighted by atomic mass is 19.4. The van der Waals surface area contributed by atoms with Gasteiger partial charge in [0.1, 0.15) is 22.9 Å². The molecule has 0 aliphatic heterocycles. The van der Waals surface area contributed by atoms with E-state index in [9.17, 15) is 126 Å². The van der Waals surface area contributed by atoms with Gasteiger partial charge in [-0.2, -0.15) is 22.0 Å². The fourth-order valence-electron chi connectivity index (χ4n) is 12.9. The zero-order valence-electron chi connectivity index (χ0n) is 94.4.